The number of nitrogens with one attached hydrogen (secondary N) is 2. The topological polar surface area (TPSA) is 129 Å². The average molecular weight is 766 g/mol. The molecule has 2 aliphatic heterocycles. The molecule has 3 heterocycles. The lowest BCUT2D eigenvalue weighted by Gasteiger charge is -2.31. The Kier molecular flexibility index (Phi) is 16.2. The summed E-state index contributed by atoms with van der Waals surface area (Å²) in [7, 11) is 1.76. The second-order valence-corrected chi connectivity index (χ2v) is 16.2. The molecule has 12 nitrogen and oxygen atoms in total. The van der Waals surface area contributed by atoms with Crippen molar-refractivity contribution in [3.8, 4) is 0 Å². The van der Waals surface area contributed by atoms with Crippen LogP contribution >= 0.6 is 23.1 Å². The van der Waals surface area contributed by atoms with Crippen LogP contribution in [-0.2, 0) is 27.4 Å². The van der Waals surface area contributed by atoms with Gasteiger partial charge in [-0.2, -0.15) is 0 Å². The first-order chi connectivity index (χ1) is 25.7. The first-order valence-electron chi connectivity index (χ1n) is 18.7. The molecular formula is C39H55N7O5S2. The molecule has 1 aromatic carbocycles. The van der Waals surface area contributed by atoms with E-state index in [0.29, 0.717) is 64.6 Å². The predicted molar refractivity (Wildman–Crippen MR) is 212 cm³/mol. The zero-order valence-corrected chi connectivity index (χ0v) is 32.9. The summed E-state index contributed by atoms with van der Waals surface area (Å²) < 4.78 is 11.3. The molecule has 14 heteroatoms. The number of hydrogen-bond donors (Lipinski definition) is 2. The van der Waals surface area contributed by atoms with E-state index >= 15 is 0 Å². The highest BCUT2D eigenvalue weighted by Gasteiger charge is 2.29. The zero-order valence-electron chi connectivity index (χ0n) is 31.2. The monoisotopic (exact) mass is 765 g/mol. The molecular weight excluding hydrogens is 711 g/mol. The van der Waals surface area contributed by atoms with E-state index in [2.05, 4.69) is 46.5 Å². The molecule has 0 radical (unpaired) electrons. The van der Waals surface area contributed by atoms with E-state index in [9.17, 15) is 14.4 Å². The second kappa shape index (κ2) is 21.2. The van der Waals surface area contributed by atoms with Crippen LogP contribution in [-0.4, -0.2) is 120 Å². The van der Waals surface area contributed by atoms with Gasteiger partial charge in [-0.1, -0.05) is 68.5 Å². The molecule has 1 saturated heterocycles. The molecule has 1 aromatic heterocycles. The van der Waals surface area contributed by atoms with Crippen LogP contribution in [0.3, 0.4) is 0 Å². The molecule has 4 atom stereocenters. The van der Waals surface area contributed by atoms with Crippen LogP contribution in [0.15, 0.2) is 71.3 Å². The van der Waals surface area contributed by atoms with Crippen molar-refractivity contribution in [3.63, 3.8) is 0 Å². The van der Waals surface area contributed by atoms with Gasteiger partial charge >= 0.3 is 12.1 Å². The summed E-state index contributed by atoms with van der Waals surface area (Å²) in [6.45, 7) is 9.19. The van der Waals surface area contributed by atoms with E-state index in [4.69, 9.17) is 14.5 Å². The number of amides is 4. The Labute approximate surface area is 322 Å². The third kappa shape index (κ3) is 13.6. The molecule has 2 aromatic rings. The van der Waals surface area contributed by atoms with E-state index < -0.39 is 12.1 Å². The van der Waals surface area contributed by atoms with Gasteiger partial charge in [-0.15, -0.1) is 23.1 Å². The first-order valence-corrected chi connectivity index (χ1v) is 20.6. The molecule has 0 spiro atoms. The lowest BCUT2D eigenvalue weighted by atomic mass is 9.91. The number of thioether (sulfide) groups is 1. The smallest absolute Gasteiger partial charge is 0.410 e. The SMILES string of the molecule is CC(C)C1=NC(CN(C)C(=O)N[C@@H](CCN2CCOCC2)C(=O)N[C@H](CCN(Cc2ccccc2)C(=O)OCc2cncs2)CC2C=CC=CC2)CS1. The number of nitrogens with zero attached hydrogens (tertiary/aromatic N) is 5. The van der Waals surface area contributed by atoms with Crippen molar-refractivity contribution in [2.45, 2.75) is 70.8 Å². The average Bonchev–Trinajstić information content (AvgIpc) is 3.88. The van der Waals surface area contributed by atoms with Gasteiger partial charge in [0.1, 0.15) is 12.6 Å². The van der Waals surface area contributed by atoms with E-state index in [1.165, 1.54) is 11.3 Å². The fourth-order valence-corrected chi connectivity index (χ4v) is 8.13. The molecule has 2 N–H and O–H groups in total. The Bertz CT molecular complexity index is 1530. The number of carbonyl (C=O) groups is 3. The quantitative estimate of drug-likeness (QED) is 0.202. The standard InChI is InChI=1S/C39H55N7O5S2/c1-29(2)37-42-33(27-52-37)25-44(3)38(48)43-35(15-16-45-18-20-50-21-19-45)36(47)41-32(22-30-10-6-4-7-11-30)14-17-46(24-31-12-8-5-9-13-31)39(49)51-26-34-23-40-28-53-34/h4-10,12-13,23,28-30,32-33,35H,11,14-22,24-27H2,1-3H3,(H,41,47)(H,43,48)/t30?,32-,33?,35+/m1/s1. The maximum Gasteiger partial charge on any atom is 0.410 e. The molecule has 3 aliphatic rings. The number of aliphatic imine (C=N–C) groups is 1. The minimum absolute atomic E-state index is 0.0308. The lowest BCUT2D eigenvalue weighted by Crippen LogP contribution is -2.54. The van der Waals surface area contributed by atoms with E-state index in [-0.39, 0.29) is 36.5 Å². The fourth-order valence-electron chi connectivity index (χ4n) is 6.52. The van der Waals surface area contributed by atoms with Crippen LogP contribution in [0.25, 0.3) is 0 Å². The third-order valence-corrected chi connectivity index (χ3v) is 11.7. The van der Waals surface area contributed by atoms with Gasteiger partial charge in [0.2, 0.25) is 5.91 Å². The maximum atomic E-state index is 14.2. The Morgan fingerprint density at radius 3 is 2.60 bits per heavy atom. The minimum atomic E-state index is -0.741. The molecule has 288 valence electrons. The predicted octanol–water partition coefficient (Wildman–Crippen LogP) is 5.58. The Balaban J connectivity index is 1.27. The Hall–Kier alpha value is -3.72. The van der Waals surface area contributed by atoms with Crippen LogP contribution in [0.5, 0.6) is 0 Å². The summed E-state index contributed by atoms with van der Waals surface area (Å²) in [4.78, 5) is 56.7. The first kappa shape index (κ1) is 40.5. The van der Waals surface area contributed by atoms with E-state index in [1.54, 1.807) is 40.3 Å². The fraction of sp³-hybridized carbons (Fsp3) is 0.564. The number of allylic oxidation sites excluding steroid dienone is 4. The number of benzene rings is 1. The van der Waals surface area contributed by atoms with Crippen molar-refractivity contribution < 1.29 is 23.9 Å². The van der Waals surface area contributed by atoms with Gasteiger partial charge in [-0.05, 0) is 37.2 Å². The van der Waals surface area contributed by atoms with Gasteiger partial charge in [0.15, 0.2) is 0 Å². The van der Waals surface area contributed by atoms with Crippen molar-refractivity contribution in [1.82, 2.24) is 30.3 Å². The summed E-state index contributed by atoms with van der Waals surface area (Å²) in [6, 6.07) is 8.57. The van der Waals surface area contributed by atoms with E-state index in [0.717, 1.165) is 40.7 Å². The molecule has 0 bridgehead atoms. The molecule has 5 rings (SSSR count). The zero-order chi connectivity index (χ0) is 37.4. The number of ether oxygens (including phenoxy) is 2. The summed E-state index contributed by atoms with van der Waals surface area (Å²) in [6.07, 6.45) is 12.2. The molecule has 1 aliphatic carbocycles. The highest BCUT2D eigenvalue weighted by Crippen LogP contribution is 2.24. The van der Waals surface area contributed by atoms with Gasteiger partial charge in [0.25, 0.3) is 0 Å². The molecule has 0 saturated carbocycles. The summed E-state index contributed by atoms with van der Waals surface area (Å²) >= 11 is 3.19. The van der Waals surface area contributed by atoms with Crippen LogP contribution in [0.1, 0.15) is 50.0 Å². The van der Waals surface area contributed by atoms with Gasteiger partial charge in [-0.25, -0.2) is 9.59 Å². The largest absolute Gasteiger partial charge is 0.444 e. The van der Waals surface area contributed by atoms with Gasteiger partial charge < -0.3 is 29.9 Å². The number of morpholine rings is 1. The number of urea groups is 1. The van der Waals surface area contributed by atoms with Gasteiger partial charge in [-0.3, -0.25) is 19.7 Å². The molecule has 53 heavy (non-hydrogen) atoms. The third-order valence-electron chi connectivity index (χ3n) is 9.56. The van der Waals surface area contributed by atoms with Crippen LogP contribution in [0.4, 0.5) is 9.59 Å². The minimum Gasteiger partial charge on any atom is -0.444 e. The van der Waals surface area contributed by atoms with Crippen LogP contribution < -0.4 is 10.6 Å². The second-order valence-electron chi connectivity index (χ2n) is 14.2. The van der Waals surface area contributed by atoms with Crippen molar-refractivity contribution in [2.75, 3.05) is 58.7 Å². The normalized spacial score (nSPS) is 19.7. The molecule has 4 amide bonds. The van der Waals surface area contributed by atoms with Crippen molar-refractivity contribution in [1.29, 1.82) is 0 Å². The van der Waals surface area contributed by atoms with Gasteiger partial charge in [0, 0.05) is 70.2 Å². The maximum absolute atomic E-state index is 14.2. The number of hydrogen-bond acceptors (Lipinski definition) is 10. The van der Waals surface area contributed by atoms with Crippen LogP contribution in [0.2, 0.25) is 0 Å². The highest BCUT2D eigenvalue weighted by molar-refractivity contribution is 8.14. The van der Waals surface area contributed by atoms with Crippen molar-refractivity contribution in [2.24, 2.45) is 16.8 Å². The lowest BCUT2D eigenvalue weighted by molar-refractivity contribution is -0.124. The van der Waals surface area contributed by atoms with Gasteiger partial charge in [0.05, 0.1) is 34.7 Å². The van der Waals surface area contributed by atoms with Crippen molar-refractivity contribution in [3.05, 3.63) is 76.8 Å². The molecule has 2 unspecified atom stereocenters. The number of likely N-dealkylation sites (N-methyl/N-ethyl adjacent to an activating group) is 1. The summed E-state index contributed by atoms with van der Waals surface area (Å²) in [5.41, 5.74) is 2.70. The number of carbonyl (C=O) groups excluding carboxylic acids is 3. The highest BCUT2D eigenvalue weighted by atomic mass is 32.2. The molecule has 1 fully saturated rings. The summed E-state index contributed by atoms with van der Waals surface area (Å²) in [5, 5.41) is 7.50. The van der Waals surface area contributed by atoms with E-state index in [1.807, 2.05) is 42.5 Å². The number of thiazole rings is 1. The number of rotatable bonds is 18. The number of aromatic nitrogens is 1. The van der Waals surface area contributed by atoms with Crippen molar-refractivity contribution >= 4 is 46.2 Å². The van der Waals surface area contributed by atoms with Crippen LogP contribution in [0, 0.1) is 11.8 Å². The summed E-state index contributed by atoms with van der Waals surface area (Å²) in [5.74, 6) is 1.22. The Morgan fingerprint density at radius 1 is 1.09 bits per heavy atom. The Morgan fingerprint density at radius 2 is 1.91 bits per heavy atom.